The second-order valence-electron chi connectivity index (χ2n) is 5.01. The molecule has 0 spiro atoms. The largest absolute Gasteiger partial charge is 0.466 e. The molecule has 22 heavy (non-hydrogen) atoms. The molecule has 1 amide bonds. The van der Waals surface area contributed by atoms with Crippen molar-refractivity contribution in [3.63, 3.8) is 0 Å². The van der Waals surface area contributed by atoms with Crippen molar-refractivity contribution in [2.75, 3.05) is 19.7 Å². The van der Waals surface area contributed by atoms with Crippen LogP contribution < -0.4 is 0 Å². The van der Waals surface area contributed by atoms with Gasteiger partial charge in [-0.1, -0.05) is 6.92 Å². The minimum atomic E-state index is -0.280. The molecule has 0 aliphatic carbocycles. The van der Waals surface area contributed by atoms with E-state index in [0.717, 1.165) is 16.3 Å². The van der Waals surface area contributed by atoms with Gasteiger partial charge in [-0.15, -0.1) is 11.3 Å². The third kappa shape index (κ3) is 3.85. The second kappa shape index (κ2) is 7.40. The highest BCUT2D eigenvalue weighted by atomic mass is 32.1. The number of carbonyl (C=O) groups excluding carboxylic acids is 2. The molecule has 2 aromatic heterocycles. The summed E-state index contributed by atoms with van der Waals surface area (Å²) in [6.45, 7) is 7.09. The Kier molecular flexibility index (Phi) is 5.54. The molecule has 0 atom stereocenters. The summed E-state index contributed by atoms with van der Waals surface area (Å²) in [7, 11) is 0. The van der Waals surface area contributed by atoms with Gasteiger partial charge in [0.05, 0.1) is 13.0 Å². The lowest BCUT2D eigenvalue weighted by Crippen LogP contribution is -2.34. The van der Waals surface area contributed by atoms with Gasteiger partial charge in [0.15, 0.2) is 4.96 Å². The van der Waals surface area contributed by atoms with Crippen molar-refractivity contribution in [1.29, 1.82) is 0 Å². The maximum atomic E-state index is 12.6. The van der Waals surface area contributed by atoms with Crippen LogP contribution in [0.3, 0.4) is 0 Å². The number of carbonyl (C=O) groups is 2. The van der Waals surface area contributed by atoms with Crippen LogP contribution >= 0.6 is 11.3 Å². The minimum Gasteiger partial charge on any atom is -0.466 e. The van der Waals surface area contributed by atoms with Crippen LogP contribution in [0.4, 0.5) is 0 Å². The van der Waals surface area contributed by atoms with Gasteiger partial charge in [-0.25, -0.2) is 4.98 Å². The summed E-state index contributed by atoms with van der Waals surface area (Å²) >= 11 is 1.55. The molecule has 0 N–H and O–H groups in total. The van der Waals surface area contributed by atoms with Crippen molar-refractivity contribution in [1.82, 2.24) is 14.3 Å². The van der Waals surface area contributed by atoms with Crippen molar-refractivity contribution < 1.29 is 14.3 Å². The molecule has 0 saturated carbocycles. The Labute approximate surface area is 133 Å². The third-order valence-corrected chi connectivity index (χ3v) is 4.07. The van der Waals surface area contributed by atoms with E-state index in [2.05, 4.69) is 4.98 Å². The average molecular weight is 323 g/mol. The van der Waals surface area contributed by atoms with Crippen molar-refractivity contribution in [3.8, 4) is 0 Å². The highest BCUT2D eigenvalue weighted by molar-refractivity contribution is 7.17. The summed E-state index contributed by atoms with van der Waals surface area (Å²) in [5.74, 6) is -0.419. The first-order valence-electron chi connectivity index (χ1n) is 7.45. The molecule has 0 radical (unpaired) electrons. The molecule has 2 rings (SSSR count). The van der Waals surface area contributed by atoms with E-state index >= 15 is 0 Å². The SMILES string of the molecule is CCCN(CCC(=O)OCC)C(=O)c1cn2cc(C)sc2n1. The Morgan fingerprint density at radius 2 is 2.09 bits per heavy atom. The lowest BCUT2D eigenvalue weighted by atomic mass is 10.3. The fourth-order valence-electron chi connectivity index (χ4n) is 2.22. The molecule has 0 saturated heterocycles. The van der Waals surface area contributed by atoms with Crippen molar-refractivity contribution in [3.05, 3.63) is 23.0 Å². The van der Waals surface area contributed by atoms with Crippen LogP contribution in [0.5, 0.6) is 0 Å². The highest BCUT2D eigenvalue weighted by Gasteiger charge is 2.20. The van der Waals surface area contributed by atoms with Gasteiger partial charge in [0.1, 0.15) is 5.69 Å². The molecule has 6 nitrogen and oxygen atoms in total. The summed E-state index contributed by atoms with van der Waals surface area (Å²) in [6, 6.07) is 0. The number of esters is 1. The first kappa shape index (κ1) is 16.5. The summed E-state index contributed by atoms with van der Waals surface area (Å²) in [4.78, 5) is 32.0. The van der Waals surface area contributed by atoms with Gasteiger partial charge in [0, 0.05) is 30.4 Å². The quantitative estimate of drug-likeness (QED) is 0.735. The molecule has 0 fully saturated rings. The number of hydrogen-bond donors (Lipinski definition) is 0. The lowest BCUT2D eigenvalue weighted by Gasteiger charge is -2.20. The molecule has 7 heteroatoms. The number of nitrogens with zero attached hydrogens (tertiary/aromatic N) is 3. The number of amides is 1. The Morgan fingerprint density at radius 1 is 1.32 bits per heavy atom. The normalized spacial score (nSPS) is 10.9. The molecule has 0 aliphatic heterocycles. The summed E-state index contributed by atoms with van der Waals surface area (Å²) < 4.78 is 6.77. The summed E-state index contributed by atoms with van der Waals surface area (Å²) in [5, 5.41) is 0. The van der Waals surface area contributed by atoms with Gasteiger partial charge in [0.25, 0.3) is 5.91 Å². The summed E-state index contributed by atoms with van der Waals surface area (Å²) in [5.41, 5.74) is 0.420. The maximum Gasteiger partial charge on any atom is 0.307 e. The molecule has 120 valence electrons. The van der Waals surface area contributed by atoms with E-state index in [1.165, 1.54) is 0 Å². The van der Waals surface area contributed by atoms with E-state index in [1.807, 2.05) is 24.4 Å². The van der Waals surface area contributed by atoms with Gasteiger partial charge < -0.3 is 9.64 Å². The molecule has 0 bridgehead atoms. The van der Waals surface area contributed by atoms with E-state index in [0.29, 0.717) is 25.4 Å². The fourth-order valence-corrected chi connectivity index (χ4v) is 3.03. The predicted octanol–water partition coefficient (Wildman–Crippen LogP) is 2.51. The second-order valence-corrected chi connectivity index (χ2v) is 6.22. The third-order valence-electron chi connectivity index (χ3n) is 3.16. The van der Waals surface area contributed by atoms with E-state index in [-0.39, 0.29) is 18.3 Å². The fraction of sp³-hybridized carbons (Fsp3) is 0.533. The van der Waals surface area contributed by atoms with E-state index in [9.17, 15) is 9.59 Å². The molecule has 0 aliphatic rings. The molecule has 2 aromatic rings. The predicted molar refractivity (Wildman–Crippen MR) is 85.3 cm³/mol. The zero-order valence-corrected chi connectivity index (χ0v) is 14.0. The van der Waals surface area contributed by atoms with Crippen LogP contribution in [0, 0.1) is 6.92 Å². The first-order valence-corrected chi connectivity index (χ1v) is 8.26. The number of thiazole rings is 1. The van der Waals surface area contributed by atoms with Gasteiger partial charge in [-0.2, -0.15) is 0 Å². The van der Waals surface area contributed by atoms with Crippen LogP contribution in [0.2, 0.25) is 0 Å². The van der Waals surface area contributed by atoms with Crippen LogP contribution in [0.15, 0.2) is 12.4 Å². The molecular weight excluding hydrogens is 302 g/mol. The number of ether oxygens (including phenoxy) is 1. The number of fused-ring (bicyclic) bond motifs is 1. The first-order chi connectivity index (χ1) is 10.5. The topological polar surface area (TPSA) is 63.9 Å². The number of aryl methyl sites for hydroxylation is 1. The van der Waals surface area contributed by atoms with Crippen LogP contribution in [0.1, 0.15) is 42.1 Å². The maximum absolute atomic E-state index is 12.6. The standard InChI is InChI=1S/C15H21N3O3S/c1-4-7-17(8-6-13(19)21-5-2)14(20)12-10-18-9-11(3)22-15(18)16-12/h9-10H,4-8H2,1-3H3. The number of rotatable bonds is 7. The van der Waals surface area contributed by atoms with Gasteiger partial charge in [-0.05, 0) is 20.3 Å². The molecule has 0 aromatic carbocycles. The van der Waals surface area contributed by atoms with Crippen LogP contribution in [0.25, 0.3) is 4.96 Å². The number of hydrogen-bond acceptors (Lipinski definition) is 5. The zero-order valence-electron chi connectivity index (χ0n) is 13.2. The molecular formula is C15H21N3O3S. The van der Waals surface area contributed by atoms with Crippen molar-refractivity contribution in [2.45, 2.75) is 33.6 Å². The smallest absolute Gasteiger partial charge is 0.307 e. The van der Waals surface area contributed by atoms with E-state index in [4.69, 9.17) is 4.74 Å². The minimum absolute atomic E-state index is 0.139. The Balaban J connectivity index is 2.07. The monoisotopic (exact) mass is 323 g/mol. The Hall–Kier alpha value is -1.89. The number of aromatic nitrogens is 2. The van der Waals surface area contributed by atoms with E-state index in [1.54, 1.807) is 29.4 Å². The van der Waals surface area contributed by atoms with Gasteiger partial charge in [0.2, 0.25) is 0 Å². The summed E-state index contributed by atoms with van der Waals surface area (Å²) in [6.07, 6.45) is 4.73. The van der Waals surface area contributed by atoms with Crippen molar-refractivity contribution in [2.24, 2.45) is 0 Å². The zero-order chi connectivity index (χ0) is 16.1. The van der Waals surface area contributed by atoms with Crippen LogP contribution in [-0.4, -0.2) is 45.9 Å². The van der Waals surface area contributed by atoms with Gasteiger partial charge in [-0.3, -0.25) is 14.0 Å². The van der Waals surface area contributed by atoms with E-state index < -0.39 is 0 Å². The highest BCUT2D eigenvalue weighted by Crippen LogP contribution is 2.17. The Morgan fingerprint density at radius 3 is 2.73 bits per heavy atom. The van der Waals surface area contributed by atoms with Crippen molar-refractivity contribution >= 4 is 28.2 Å². The van der Waals surface area contributed by atoms with Gasteiger partial charge >= 0.3 is 5.97 Å². The molecule has 2 heterocycles. The van der Waals surface area contributed by atoms with Crippen LogP contribution in [-0.2, 0) is 9.53 Å². The molecule has 0 unspecified atom stereocenters. The Bertz CT molecular complexity index is 631. The number of imidazole rings is 1. The average Bonchev–Trinajstić information content (AvgIpc) is 3.00. The lowest BCUT2D eigenvalue weighted by molar-refractivity contribution is -0.143.